The van der Waals surface area contributed by atoms with Gasteiger partial charge in [-0.1, -0.05) is 6.08 Å². The third-order valence-corrected chi connectivity index (χ3v) is 2.51. The molecule has 0 atom stereocenters. The fourth-order valence-corrected chi connectivity index (χ4v) is 1.58. The van der Waals surface area contributed by atoms with E-state index in [0.29, 0.717) is 6.42 Å². The molecule has 10 nitrogen and oxygen atoms in total. The summed E-state index contributed by atoms with van der Waals surface area (Å²) in [6.07, 6.45) is 7.60. The van der Waals surface area contributed by atoms with Crippen molar-refractivity contribution in [2.75, 3.05) is 13.2 Å². The van der Waals surface area contributed by atoms with Crippen LogP contribution in [0.3, 0.4) is 0 Å². The number of hydrogen-bond donors (Lipinski definition) is 0. The maximum absolute atomic E-state index is 12.0. The summed E-state index contributed by atoms with van der Waals surface area (Å²) in [5.41, 5.74) is -1.41. The van der Waals surface area contributed by atoms with E-state index < -0.39 is 17.4 Å². The molecule has 0 aromatic rings. The summed E-state index contributed by atoms with van der Waals surface area (Å²) in [5, 5.41) is 0. The molecule has 0 aromatic carbocycles. The van der Waals surface area contributed by atoms with Crippen LogP contribution in [-0.4, -0.2) is 25.2 Å². The SMILES string of the molecule is C#CCC(CCC=C)(C(=O)OCC)C(=O)OCC.[C-]#[O+].[C-]#[O+].[C-]#[O+].[C-]#[O+].[C-]#[O+].[C-]#[O+].[Co].[Co]. The summed E-state index contributed by atoms with van der Waals surface area (Å²) in [5.74, 6) is 1.12. The van der Waals surface area contributed by atoms with Gasteiger partial charge in [-0.3, -0.25) is 9.59 Å². The van der Waals surface area contributed by atoms with Crippen LogP contribution in [-0.2, 0) is 80.5 Å². The minimum atomic E-state index is -1.41. The molecule has 12 heteroatoms. The van der Waals surface area contributed by atoms with Gasteiger partial charge in [0.15, 0.2) is 5.41 Å². The molecule has 2 radical (unpaired) electrons. The molecule has 0 unspecified atom stereocenters. The molecule has 0 rings (SSSR count). The first kappa shape index (κ1) is 57.1. The fourth-order valence-electron chi connectivity index (χ4n) is 1.58. The molecule has 32 heavy (non-hydrogen) atoms. The molecular formula is C20H20Co2O10. The number of esters is 2. The number of terminal acetylenes is 1. The molecule has 0 aliphatic heterocycles. The number of carbonyl (C=O) groups is 2. The summed E-state index contributed by atoms with van der Waals surface area (Å²) in [6, 6.07) is 0. The van der Waals surface area contributed by atoms with Gasteiger partial charge in [0.1, 0.15) is 0 Å². The van der Waals surface area contributed by atoms with Crippen molar-refractivity contribution in [2.24, 2.45) is 5.41 Å². The number of rotatable bonds is 8. The van der Waals surface area contributed by atoms with Crippen molar-refractivity contribution in [3.05, 3.63) is 52.6 Å². The van der Waals surface area contributed by atoms with Gasteiger partial charge in [-0.2, -0.15) is 0 Å². The van der Waals surface area contributed by atoms with Crippen molar-refractivity contribution in [1.82, 2.24) is 0 Å². The smallest absolute Gasteiger partial charge is 0 e. The second-order valence-electron chi connectivity index (χ2n) is 3.73. The van der Waals surface area contributed by atoms with E-state index in [1.807, 2.05) is 0 Å². The quantitative estimate of drug-likeness (QED) is 0.115. The summed E-state index contributed by atoms with van der Waals surface area (Å²) in [6.45, 7) is 34.3. The van der Waals surface area contributed by atoms with Crippen LogP contribution < -0.4 is 0 Å². The van der Waals surface area contributed by atoms with Crippen molar-refractivity contribution in [1.29, 1.82) is 0 Å². The molecule has 0 heterocycles. The van der Waals surface area contributed by atoms with Crippen molar-refractivity contribution < 1.29 is 80.5 Å². The molecule has 178 valence electrons. The van der Waals surface area contributed by atoms with Gasteiger partial charge in [0, 0.05) is 40.0 Å². The zero-order chi connectivity index (χ0) is 26.0. The Morgan fingerprint density at radius 2 is 1.12 bits per heavy atom. The largest absolute Gasteiger partial charge is 0 e. The van der Waals surface area contributed by atoms with Gasteiger partial charge in [0.05, 0.1) is 13.2 Å². The van der Waals surface area contributed by atoms with E-state index >= 15 is 0 Å². The summed E-state index contributed by atoms with van der Waals surface area (Å²) >= 11 is 0. The molecule has 0 saturated heterocycles. The summed E-state index contributed by atoms with van der Waals surface area (Å²) < 4.78 is 54.9. The van der Waals surface area contributed by atoms with Gasteiger partial charge in [-0.05, 0) is 26.7 Å². The maximum Gasteiger partial charge on any atom is 0 e. The Morgan fingerprint density at radius 3 is 1.31 bits per heavy atom. The van der Waals surface area contributed by atoms with Crippen molar-refractivity contribution >= 4 is 11.9 Å². The Kier molecular flexibility index (Phi) is 112. The predicted octanol–water partition coefficient (Wildman–Crippen LogP) is 1.86. The standard InChI is InChI=1S/C14H20O4.6CO.2Co/c1-5-9-11-14(10-6-2,12(15)17-7-3)13(16)18-8-4;6*1-2;;/h2,5H,1,7-11H2,3-4H3;;;;;;;;. The van der Waals surface area contributed by atoms with Gasteiger partial charge >= 0.3 is 79.8 Å². The van der Waals surface area contributed by atoms with Gasteiger partial charge in [-0.15, -0.1) is 18.9 Å². The summed E-state index contributed by atoms with van der Waals surface area (Å²) in [7, 11) is 0. The molecule has 0 bridgehead atoms. The van der Waals surface area contributed by atoms with Crippen LogP contribution in [0.5, 0.6) is 0 Å². The van der Waals surface area contributed by atoms with Gasteiger partial charge in [0.25, 0.3) is 0 Å². The Balaban J connectivity index is -0.0000000465. The maximum atomic E-state index is 12.0. The van der Waals surface area contributed by atoms with E-state index in [1.165, 1.54) is 0 Å². The van der Waals surface area contributed by atoms with Crippen LogP contribution in [0.4, 0.5) is 0 Å². The van der Waals surface area contributed by atoms with Crippen LogP contribution >= 0.6 is 0 Å². The molecule has 0 aliphatic carbocycles. The molecular weight excluding hydrogens is 518 g/mol. The van der Waals surface area contributed by atoms with Crippen LogP contribution in [0.1, 0.15) is 33.1 Å². The Morgan fingerprint density at radius 1 is 0.844 bits per heavy atom. The normalized spacial score (nSPS) is 6.16. The molecule has 0 aliphatic rings. The van der Waals surface area contributed by atoms with E-state index in [2.05, 4.69) is 52.4 Å². The zero-order valence-corrected chi connectivity index (χ0v) is 19.2. The second kappa shape index (κ2) is 63.0. The van der Waals surface area contributed by atoms with E-state index in [9.17, 15) is 9.59 Å². The number of ether oxygens (including phenoxy) is 2. The molecule has 0 N–H and O–H groups in total. The monoisotopic (exact) mass is 538 g/mol. The number of hydrogen-bond acceptors (Lipinski definition) is 4. The van der Waals surface area contributed by atoms with Crippen molar-refractivity contribution in [2.45, 2.75) is 33.1 Å². The van der Waals surface area contributed by atoms with Crippen LogP contribution in [0.25, 0.3) is 0 Å². The topological polar surface area (TPSA) is 172 Å². The minimum absolute atomic E-state index is 0. The molecule has 0 amide bonds. The molecule has 0 saturated carbocycles. The van der Waals surface area contributed by atoms with Gasteiger partial charge in [0.2, 0.25) is 0 Å². The van der Waals surface area contributed by atoms with Gasteiger partial charge in [-0.25, -0.2) is 0 Å². The van der Waals surface area contributed by atoms with E-state index in [4.69, 9.17) is 43.8 Å². The minimum Gasteiger partial charge on any atom is 0 e. The number of carbonyl (C=O) groups excluding carboxylic acids is 2. The average Bonchev–Trinajstić information content (AvgIpc) is 2.84. The average molecular weight is 538 g/mol. The van der Waals surface area contributed by atoms with Crippen LogP contribution in [0.15, 0.2) is 12.7 Å². The molecule has 0 spiro atoms. The van der Waals surface area contributed by atoms with E-state index in [0.717, 1.165) is 0 Å². The second-order valence-corrected chi connectivity index (χ2v) is 3.73. The Labute approximate surface area is 208 Å². The Hall–Kier alpha value is -2.31. The van der Waals surface area contributed by atoms with E-state index in [1.54, 1.807) is 19.9 Å². The molecule has 0 aromatic heterocycles. The zero-order valence-electron chi connectivity index (χ0n) is 17.1. The summed E-state index contributed by atoms with van der Waals surface area (Å²) in [4.78, 5) is 24.0. The third kappa shape index (κ3) is 32.4. The first-order valence-corrected chi connectivity index (χ1v) is 7.20. The number of allylic oxidation sites excluding steroid dienone is 1. The first-order valence-electron chi connectivity index (χ1n) is 7.20. The first-order chi connectivity index (χ1) is 14.6. The van der Waals surface area contributed by atoms with Crippen molar-refractivity contribution in [3.63, 3.8) is 0 Å². The predicted molar refractivity (Wildman–Crippen MR) is 92.2 cm³/mol. The van der Waals surface area contributed by atoms with Crippen molar-refractivity contribution in [3.8, 4) is 12.3 Å². The Bertz CT molecular complexity index is 517. The van der Waals surface area contributed by atoms with Gasteiger partial charge < -0.3 is 9.47 Å². The fraction of sp³-hybridized carbons (Fsp3) is 0.400. The van der Waals surface area contributed by atoms with Crippen LogP contribution in [0.2, 0.25) is 0 Å². The van der Waals surface area contributed by atoms with E-state index in [-0.39, 0.29) is 59.6 Å². The third-order valence-electron chi connectivity index (χ3n) is 2.51. The molecule has 0 fully saturated rings. The van der Waals surface area contributed by atoms with Crippen LogP contribution in [0, 0.1) is 57.7 Å².